The quantitative estimate of drug-likeness (QED) is 0.581. The molecule has 1 fully saturated rings. The van der Waals surface area contributed by atoms with E-state index in [4.69, 9.17) is 0 Å². The lowest BCUT2D eigenvalue weighted by atomic mass is 9.85. The second-order valence-electron chi connectivity index (χ2n) is 4.89. The van der Waals surface area contributed by atoms with Gasteiger partial charge in [0.25, 0.3) is 0 Å². The zero-order chi connectivity index (χ0) is 14.4. The fraction of sp³-hybridized carbons (Fsp3) is 0.286. The number of hydrogen-bond acceptors (Lipinski definition) is 2. The van der Waals surface area contributed by atoms with Crippen LogP contribution in [-0.4, -0.2) is 11.8 Å². The van der Waals surface area contributed by atoms with Gasteiger partial charge in [0, 0.05) is 4.47 Å². The van der Waals surface area contributed by atoms with E-state index in [0.717, 1.165) is 12.1 Å². The summed E-state index contributed by atoms with van der Waals surface area (Å²) in [5.74, 6) is -3.91. The molecule has 1 saturated heterocycles. The van der Waals surface area contributed by atoms with Crippen LogP contribution in [0.15, 0.2) is 28.8 Å². The van der Waals surface area contributed by atoms with Crippen LogP contribution >= 0.6 is 15.9 Å². The number of halogens is 3. The summed E-state index contributed by atoms with van der Waals surface area (Å²) in [6.45, 7) is 0. The zero-order valence-electron chi connectivity index (χ0n) is 10.3. The molecule has 2 amide bonds. The van der Waals surface area contributed by atoms with Crippen LogP contribution in [0.4, 0.5) is 14.5 Å². The molecule has 3 rings (SSSR count). The van der Waals surface area contributed by atoms with Gasteiger partial charge in [-0.1, -0.05) is 28.1 Å². The van der Waals surface area contributed by atoms with Gasteiger partial charge >= 0.3 is 0 Å². The van der Waals surface area contributed by atoms with Gasteiger partial charge in [0.05, 0.1) is 11.8 Å². The van der Waals surface area contributed by atoms with Crippen molar-refractivity contribution in [1.29, 1.82) is 0 Å². The van der Waals surface area contributed by atoms with Crippen molar-refractivity contribution < 1.29 is 18.4 Å². The third-order valence-electron chi connectivity index (χ3n) is 3.71. The highest BCUT2D eigenvalue weighted by Gasteiger charge is 2.49. The number of benzene rings is 1. The Balaban J connectivity index is 2.08. The van der Waals surface area contributed by atoms with Crippen LogP contribution in [0.1, 0.15) is 12.8 Å². The minimum absolute atomic E-state index is 0.217. The number of fused-ring (bicyclic) bond motifs is 1. The largest absolute Gasteiger partial charge is 0.274 e. The summed E-state index contributed by atoms with van der Waals surface area (Å²) in [6, 6.07) is 2.08. The summed E-state index contributed by atoms with van der Waals surface area (Å²) in [6.07, 6.45) is 4.52. The number of carbonyl (C=O) groups excluding carboxylic acids is 2. The van der Waals surface area contributed by atoms with E-state index in [-0.39, 0.29) is 4.47 Å². The lowest BCUT2D eigenvalue weighted by Gasteiger charge is -2.16. The molecule has 1 aromatic rings. The van der Waals surface area contributed by atoms with Crippen molar-refractivity contribution in [2.75, 3.05) is 4.90 Å². The van der Waals surface area contributed by atoms with Crippen LogP contribution < -0.4 is 4.90 Å². The Morgan fingerprint density at radius 1 is 1.00 bits per heavy atom. The summed E-state index contributed by atoms with van der Waals surface area (Å²) in [5, 5.41) is 0. The molecule has 0 spiro atoms. The first-order chi connectivity index (χ1) is 9.50. The van der Waals surface area contributed by atoms with Gasteiger partial charge in [-0.2, -0.15) is 0 Å². The fourth-order valence-electron chi connectivity index (χ4n) is 2.77. The average molecular weight is 342 g/mol. The molecule has 2 aliphatic rings. The summed E-state index contributed by atoms with van der Waals surface area (Å²) < 4.78 is 28.1. The molecule has 0 aromatic heterocycles. The van der Waals surface area contributed by atoms with Gasteiger partial charge in [0.1, 0.15) is 5.69 Å². The summed E-state index contributed by atoms with van der Waals surface area (Å²) in [7, 11) is 0. The highest BCUT2D eigenvalue weighted by molar-refractivity contribution is 9.10. The smallest absolute Gasteiger partial charge is 0.238 e. The first-order valence-electron chi connectivity index (χ1n) is 6.18. The molecule has 6 heteroatoms. The molecule has 0 radical (unpaired) electrons. The third kappa shape index (κ3) is 1.90. The monoisotopic (exact) mass is 341 g/mol. The molecule has 1 heterocycles. The predicted octanol–water partition coefficient (Wildman–Crippen LogP) is 3.18. The topological polar surface area (TPSA) is 37.4 Å². The number of amides is 2. The van der Waals surface area contributed by atoms with Crippen molar-refractivity contribution in [2.24, 2.45) is 11.8 Å². The van der Waals surface area contributed by atoms with Crippen LogP contribution in [0.25, 0.3) is 0 Å². The highest BCUT2D eigenvalue weighted by atomic mass is 79.9. The van der Waals surface area contributed by atoms with Gasteiger partial charge in [-0.15, -0.1) is 0 Å². The van der Waals surface area contributed by atoms with E-state index in [1.165, 1.54) is 0 Å². The molecule has 20 heavy (non-hydrogen) atoms. The molecule has 104 valence electrons. The Labute approximate surface area is 122 Å². The van der Waals surface area contributed by atoms with E-state index in [2.05, 4.69) is 15.9 Å². The van der Waals surface area contributed by atoms with E-state index in [0.29, 0.717) is 17.7 Å². The SMILES string of the molecule is O=C1[C@H]2CC=CC[C@H]2C(=O)N1c1c(F)cc(Br)cc1F. The highest BCUT2D eigenvalue weighted by Crippen LogP contribution is 2.39. The predicted molar refractivity (Wildman–Crippen MR) is 71.9 cm³/mol. The van der Waals surface area contributed by atoms with Crippen LogP contribution in [0, 0.1) is 23.5 Å². The molecule has 1 aliphatic carbocycles. The van der Waals surface area contributed by atoms with Crippen molar-refractivity contribution in [3.05, 3.63) is 40.4 Å². The zero-order valence-corrected chi connectivity index (χ0v) is 11.9. The lowest BCUT2D eigenvalue weighted by molar-refractivity contribution is -0.122. The maximum atomic E-state index is 14.0. The van der Waals surface area contributed by atoms with Crippen LogP contribution in [-0.2, 0) is 9.59 Å². The minimum atomic E-state index is -0.926. The van der Waals surface area contributed by atoms with Crippen molar-refractivity contribution in [3.8, 4) is 0 Å². The molecular formula is C14H10BrF2NO2. The van der Waals surface area contributed by atoms with Crippen LogP contribution in [0.3, 0.4) is 0 Å². The van der Waals surface area contributed by atoms with Crippen LogP contribution in [0.2, 0.25) is 0 Å². The normalized spacial score (nSPS) is 25.2. The summed E-state index contributed by atoms with van der Waals surface area (Å²) in [5.41, 5.74) is -0.572. The van der Waals surface area contributed by atoms with Gasteiger partial charge in [-0.25, -0.2) is 13.7 Å². The molecule has 1 aliphatic heterocycles. The average Bonchev–Trinajstić information content (AvgIpc) is 2.64. The van der Waals surface area contributed by atoms with E-state index < -0.39 is 41.0 Å². The Morgan fingerprint density at radius 3 is 1.90 bits per heavy atom. The molecule has 0 saturated carbocycles. The van der Waals surface area contributed by atoms with E-state index in [9.17, 15) is 18.4 Å². The fourth-order valence-corrected chi connectivity index (χ4v) is 3.17. The first-order valence-corrected chi connectivity index (χ1v) is 6.97. The van der Waals surface area contributed by atoms with E-state index >= 15 is 0 Å². The number of anilines is 1. The second-order valence-corrected chi connectivity index (χ2v) is 5.80. The molecular weight excluding hydrogens is 332 g/mol. The Kier molecular flexibility index (Phi) is 3.20. The number of allylic oxidation sites excluding steroid dienone is 2. The second kappa shape index (κ2) is 4.77. The Bertz CT molecular complexity index is 595. The van der Waals surface area contributed by atoms with Crippen molar-refractivity contribution in [1.82, 2.24) is 0 Å². The summed E-state index contributed by atoms with van der Waals surface area (Å²) >= 11 is 2.97. The van der Waals surface area contributed by atoms with Crippen molar-refractivity contribution >= 4 is 33.4 Å². The van der Waals surface area contributed by atoms with E-state index in [1.54, 1.807) is 0 Å². The summed E-state index contributed by atoms with van der Waals surface area (Å²) in [4.78, 5) is 25.2. The van der Waals surface area contributed by atoms with Gasteiger partial charge in [0.15, 0.2) is 11.6 Å². The standard InChI is InChI=1S/C14H10BrF2NO2/c15-7-5-10(16)12(11(17)6-7)18-13(19)8-3-1-2-4-9(8)14(18)20/h1-2,5-6,8-9H,3-4H2/t8-,9+. The molecule has 0 bridgehead atoms. The van der Waals surface area contributed by atoms with Crippen molar-refractivity contribution in [2.45, 2.75) is 12.8 Å². The lowest BCUT2D eigenvalue weighted by Crippen LogP contribution is -2.32. The molecule has 1 aromatic carbocycles. The molecule has 0 N–H and O–H groups in total. The van der Waals surface area contributed by atoms with Gasteiger partial charge in [-0.3, -0.25) is 9.59 Å². The van der Waals surface area contributed by atoms with Crippen molar-refractivity contribution in [3.63, 3.8) is 0 Å². The number of nitrogens with zero attached hydrogens (tertiary/aromatic N) is 1. The molecule has 2 atom stereocenters. The number of hydrogen-bond donors (Lipinski definition) is 0. The number of carbonyl (C=O) groups is 2. The van der Waals surface area contributed by atoms with Gasteiger partial charge in [-0.05, 0) is 25.0 Å². The number of imide groups is 1. The Hall–Kier alpha value is -1.56. The molecule has 0 unspecified atom stereocenters. The molecule has 3 nitrogen and oxygen atoms in total. The van der Waals surface area contributed by atoms with Gasteiger partial charge in [0.2, 0.25) is 11.8 Å². The number of rotatable bonds is 1. The third-order valence-corrected chi connectivity index (χ3v) is 4.17. The van der Waals surface area contributed by atoms with E-state index in [1.807, 2.05) is 12.2 Å². The minimum Gasteiger partial charge on any atom is -0.274 e. The Morgan fingerprint density at radius 2 is 1.45 bits per heavy atom. The maximum absolute atomic E-state index is 14.0. The first kappa shape index (κ1) is 13.4. The van der Waals surface area contributed by atoms with Gasteiger partial charge < -0.3 is 0 Å². The van der Waals surface area contributed by atoms with Crippen LogP contribution in [0.5, 0.6) is 0 Å². The maximum Gasteiger partial charge on any atom is 0.238 e.